The van der Waals surface area contributed by atoms with Gasteiger partial charge >= 0.3 is 0 Å². The Morgan fingerprint density at radius 1 is 1.43 bits per heavy atom. The van der Waals surface area contributed by atoms with Crippen molar-refractivity contribution in [2.24, 2.45) is 5.92 Å². The Labute approximate surface area is 123 Å². The molecule has 1 heterocycles. The number of hydrogen-bond acceptors (Lipinski definition) is 4. The Morgan fingerprint density at radius 3 is 2.86 bits per heavy atom. The van der Waals surface area contributed by atoms with Crippen molar-refractivity contribution >= 4 is 5.91 Å². The van der Waals surface area contributed by atoms with Gasteiger partial charge in [0.05, 0.1) is 12.6 Å². The van der Waals surface area contributed by atoms with Crippen LogP contribution in [-0.2, 0) is 24.3 Å². The molecule has 0 saturated carbocycles. The van der Waals surface area contributed by atoms with Crippen molar-refractivity contribution in [1.29, 1.82) is 5.26 Å². The minimum Gasteiger partial charge on any atom is -0.348 e. The molecular weight excluding hydrogens is 266 g/mol. The van der Waals surface area contributed by atoms with Crippen molar-refractivity contribution in [3.05, 3.63) is 48.0 Å². The van der Waals surface area contributed by atoms with Gasteiger partial charge in [0.15, 0.2) is 5.82 Å². The van der Waals surface area contributed by atoms with Gasteiger partial charge in [0.2, 0.25) is 5.91 Å². The number of rotatable bonds is 6. The molecule has 0 aliphatic rings. The smallest absolute Gasteiger partial charge is 0.238 e. The molecule has 0 bridgehead atoms. The maximum Gasteiger partial charge on any atom is 0.238 e. The Balaban J connectivity index is 1.93. The molecule has 0 saturated heterocycles. The fraction of sp³-hybridized carbons (Fsp3) is 0.333. The highest BCUT2D eigenvalue weighted by molar-refractivity contribution is 5.81. The van der Waals surface area contributed by atoms with Crippen LogP contribution < -0.4 is 5.32 Å². The first-order valence-electron chi connectivity index (χ1n) is 6.82. The van der Waals surface area contributed by atoms with E-state index >= 15 is 0 Å². The van der Waals surface area contributed by atoms with Crippen LogP contribution in [0.15, 0.2) is 36.7 Å². The third-order valence-electron chi connectivity index (χ3n) is 3.21. The molecule has 2 aromatic rings. The van der Waals surface area contributed by atoms with Crippen molar-refractivity contribution in [1.82, 2.24) is 20.1 Å². The van der Waals surface area contributed by atoms with Crippen LogP contribution in [0.4, 0.5) is 0 Å². The number of nitriles is 1. The molecule has 1 aromatic heterocycles. The van der Waals surface area contributed by atoms with E-state index in [4.69, 9.17) is 0 Å². The SMILES string of the molecule is CCn1cnnc1CNC(=O)C(C#N)Cc1ccccc1. The summed E-state index contributed by atoms with van der Waals surface area (Å²) in [6, 6.07) is 11.6. The number of carbonyl (C=O) groups is 1. The molecule has 0 aliphatic heterocycles. The van der Waals surface area contributed by atoms with Gasteiger partial charge < -0.3 is 9.88 Å². The number of aromatic nitrogens is 3. The van der Waals surface area contributed by atoms with Crippen LogP contribution in [0.5, 0.6) is 0 Å². The highest BCUT2D eigenvalue weighted by Gasteiger charge is 2.18. The van der Waals surface area contributed by atoms with Crippen molar-refractivity contribution < 1.29 is 4.79 Å². The molecule has 6 nitrogen and oxygen atoms in total. The van der Waals surface area contributed by atoms with Crippen LogP contribution in [0.25, 0.3) is 0 Å². The van der Waals surface area contributed by atoms with Gasteiger partial charge in [0.25, 0.3) is 0 Å². The average Bonchev–Trinajstić information content (AvgIpc) is 2.98. The molecule has 0 spiro atoms. The van der Waals surface area contributed by atoms with Gasteiger partial charge in [0, 0.05) is 6.54 Å². The normalized spacial score (nSPS) is 11.6. The zero-order chi connectivity index (χ0) is 15.1. The lowest BCUT2D eigenvalue weighted by atomic mass is 10.00. The maximum atomic E-state index is 12.1. The van der Waals surface area contributed by atoms with Crippen LogP contribution in [0, 0.1) is 17.2 Å². The molecule has 0 aliphatic carbocycles. The summed E-state index contributed by atoms with van der Waals surface area (Å²) >= 11 is 0. The monoisotopic (exact) mass is 283 g/mol. The second kappa shape index (κ2) is 7.20. The van der Waals surface area contributed by atoms with Gasteiger partial charge in [-0.05, 0) is 18.9 Å². The Bertz CT molecular complexity index is 629. The summed E-state index contributed by atoms with van der Waals surface area (Å²) in [5.41, 5.74) is 0.968. The van der Waals surface area contributed by atoms with Crippen molar-refractivity contribution in [3.8, 4) is 6.07 Å². The highest BCUT2D eigenvalue weighted by Crippen LogP contribution is 2.08. The third kappa shape index (κ3) is 3.89. The van der Waals surface area contributed by atoms with Crippen molar-refractivity contribution in [2.45, 2.75) is 26.4 Å². The molecule has 1 unspecified atom stereocenters. The molecule has 1 aromatic carbocycles. The fourth-order valence-corrected chi connectivity index (χ4v) is 2.02. The van der Waals surface area contributed by atoms with E-state index in [2.05, 4.69) is 21.6 Å². The van der Waals surface area contributed by atoms with Gasteiger partial charge in [0.1, 0.15) is 12.2 Å². The number of amides is 1. The summed E-state index contributed by atoms with van der Waals surface area (Å²) in [7, 11) is 0. The Kier molecular flexibility index (Phi) is 5.04. The second-order valence-corrected chi connectivity index (χ2v) is 4.62. The quantitative estimate of drug-likeness (QED) is 0.866. The van der Waals surface area contributed by atoms with E-state index < -0.39 is 5.92 Å². The summed E-state index contributed by atoms with van der Waals surface area (Å²) in [4.78, 5) is 12.1. The molecule has 21 heavy (non-hydrogen) atoms. The number of aryl methyl sites for hydroxylation is 1. The van der Waals surface area contributed by atoms with E-state index in [0.717, 1.165) is 12.1 Å². The highest BCUT2D eigenvalue weighted by atomic mass is 16.1. The molecule has 1 N–H and O–H groups in total. The van der Waals surface area contributed by atoms with Crippen LogP contribution in [0.1, 0.15) is 18.3 Å². The van der Waals surface area contributed by atoms with Crippen LogP contribution >= 0.6 is 0 Å². The summed E-state index contributed by atoms with van der Waals surface area (Å²) in [5, 5.41) is 19.7. The lowest BCUT2D eigenvalue weighted by molar-refractivity contribution is -0.123. The fourth-order valence-electron chi connectivity index (χ4n) is 2.02. The van der Waals surface area contributed by atoms with Gasteiger partial charge in [-0.15, -0.1) is 10.2 Å². The summed E-state index contributed by atoms with van der Waals surface area (Å²) in [5.74, 6) is -0.306. The number of benzene rings is 1. The van der Waals surface area contributed by atoms with E-state index in [1.807, 2.05) is 41.8 Å². The second-order valence-electron chi connectivity index (χ2n) is 4.62. The number of nitrogens with zero attached hydrogens (tertiary/aromatic N) is 4. The van der Waals surface area contributed by atoms with Crippen molar-refractivity contribution in [3.63, 3.8) is 0 Å². The van der Waals surface area contributed by atoms with Gasteiger partial charge in [-0.2, -0.15) is 5.26 Å². The van der Waals surface area contributed by atoms with Crippen LogP contribution in [-0.4, -0.2) is 20.7 Å². The number of carbonyl (C=O) groups excluding carboxylic acids is 1. The van der Waals surface area contributed by atoms with Crippen LogP contribution in [0.2, 0.25) is 0 Å². The summed E-state index contributed by atoms with van der Waals surface area (Å²) < 4.78 is 1.85. The standard InChI is InChI=1S/C15H17N5O/c1-2-20-11-18-19-14(20)10-17-15(21)13(9-16)8-12-6-4-3-5-7-12/h3-7,11,13H,2,8,10H2,1H3,(H,17,21). The maximum absolute atomic E-state index is 12.1. The minimum absolute atomic E-state index is 0.277. The minimum atomic E-state index is -0.703. The first kappa shape index (κ1) is 14.7. The van der Waals surface area contributed by atoms with Crippen LogP contribution in [0.3, 0.4) is 0 Å². The van der Waals surface area contributed by atoms with E-state index in [9.17, 15) is 10.1 Å². The molecule has 1 amide bonds. The van der Waals surface area contributed by atoms with Crippen molar-refractivity contribution in [2.75, 3.05) is 0 Å². The predicted octanol–water partition coefficient (Wildman–Crippen LogP) is 1.30. The zero-order valence-electron chi connectivity index (χ0n) is 11.9. The Morgan fingerprint density at radius 2 is 2.19 bits per heavy atom. The first-order chi connectivity index (χ1) is 10.2. The molecule has 6 heteroatoms. The van der Waals surface area contributed by atoms with E-state index in [0.29, 0.717) is 12.2 Å². The van der Waals surface area contributed by atoms with Gasteiger partial charge in [-0.1, -0.05) is 30.3 Å². The van der Waals surface area contributed by atoms with E-state index in [1.54, 1.807) is 6.33 Å². The lowest BCUT2D eigenvalue weighted by Gasteiger charge is -2.10. The zero-order valence-corrected chi connectivity index (χ0v) is 11.9. The molecular formula is C15H17N5O. The average molecular weight is 283 g/mol. The lowest BCUT2D eigenvalue weighted by Crippen LogP contribution is -2.31. The number of hydrogen-bond donors (Lipinski definition) is 1. The third-order valence-corrected chi connectivity index (χ3v) is 3.21. The van der Waals surface area contributed by atoms with Gasteiger partial charge in [-0.25, -0.2) is 0 Å². The first-order valence-corrected chi connectivity index (χ1v) is 6.82. The predicted molar refractivity (Wildman–Crippen MR) is 76.8 cm³/mol. The molecule has 0 radical (unpaired) electrons. The van der Waals surface area contributed by atoms with E-state index in [1.165, 1.54) is 0 Å². The summed E-state index contributed by atoms with van der Waals surface area (Å²) in [6.07, 6.45) is 2.02. The van der Waals surface area contributed by atoms with E-state index in [-0.39, 0.29) is 12.5 Å². The molecule has 1 atom stereocenters. The molecule has 108 valence electrons. The number of nitrogens with one attached hydrogen (secondary N) is 1. The molecule has 2 rings (SSSR count). The Hall–Kier alpha value is -2.68. The summed E-state index contributed by atoms with van der Waals surface area (Å²) in [6.45, 7) is 2.99. The largest absolute Gasteiger partial charge is 0.348 e. The van der Waals surface area contributed by atoms with Gasteiger partial charge in [-0.3, -0.25) is 4.79 Å². The molecule has 0 fully saturated rings. The topological polar surface area (TPSA) is 83.6 Å².